The fraction of sp³-hybridized carbons (Fsp3) is 0.480. The number of nitrogens with one attached hydrogen (secondary N) is 1. The van der Waals surface area contributed by atoms with Crippen molar-refractivity contribution in [3.8, 4) is 22.3 Å². The third-order valence-corrected chi connectivity index (χ3v) is 15.5. The van der Waals surface area contributed by atoms with Crippen molar-refractivity contribution in [3.05, 3.63) is 103 Å². The number of aromatic amines is 1. The number of likely N-dealkylation sites (N-methyl/N-ethyl adjacent to an activating group) is 2. The lowest BCUT2D eigenvalue weighted by Gasteiger charge is -2.36. The van der Waals surface area contributed by atoms with Gasteiger partial charge in [0.05, 0.1) is 30.5 Å². The fourth-order valence-corrected chi connectivity index (χ4v) is 11.5. The number of hydrogen-bond donors (Lipinski definition) is 1. The first-order valence-electron chi connectivity index (χ1n) is 23.3. The van der Waals surface area contributed by atoms with Gasteiger partial charge in [0.2, 0.25) is 0 Å². The second kappa shape index (κ2) is 21.0. The second-order valence-corrected chi connectivity index (χ2v) is 19.5. The zero-order valence-electron chi connectivity index (χ0n) is 38.9. The van der Waals surface area contributed by atoms with Crippen molar-refractivity contribution < 1.29 is 17.9 Å². The first-order valence-corrected chi connectivity index (χ1v) is 24.8. The molecule has 65 heavy (non-hydrogen) atoms. The van der Waals surface area contributed by atoms with Crippen LogP contribution in [-0.2, 0) is 33.6 Å². The summed E-state index contributed by atoms with van der Waals surface area (Å²) in [6.45, 7) is 10.2. The number of aromatic nitrogens is 8. The lowest BCUT2D eigenvalue weighted by molar-refractivity contribution is 0.103. The van der Waals surface area contributed by atoms with E-state index in [-0.39, 0.29) is 4.90 Å². The van der Waals surface area contributed by atoms with E-state index in [0.29, 0.717) is 29.6 Å². The smallest absolute Gasteiger partial charge is 0.269 e. The Balaban J connectivity index is 0.000000184. The molecule has 346 valence electrons. The topological polar surface area (TPSA) is 141 Å². The zero-order chi connectivity index (χ0) is 45.5. The quantitative estimate of drug-likeness (QED) is 0.100. The van der Waals surface area contributed by atoms with Crippen molar-refractivity contribution in [2.24, 2.45) is 14.1 Å². The summed E-state index contributed by atoms with van der Waals surface area (Å²) < 4.78 is 42.6. The summed E-state index contributed by atoms with van der Waals surface area (Å²) in [6, 6.07) is 14.3. The molecule has 6 heterocycles. The third-order valence-electron chi connectivity index (χ3n) is 13.9. The van der Waals surface area contributed by atoms with E-state index in [1.807, 2.05) is 49.6 Å². The Morgan fingerprint density at radius 1 is 0.677 bits per heavy atom. The maximum atomic E-state index is 13.6. The molecule has 0 aliphatic heterocycles. The van der Waals surface area contributed by atoms with E-state index in [9.17, 15) is 8.42 Å². The van der Waals surface area contributed by atoms with Gasteiger partial charge >= 0.3 is 0 Å². The number of rotatable bonds is 16. The van der Waals surface area contributed by atoms with Crippen LogP contribution in [0.5, 0.6) is 0 Å². The maximum Gasteiger partial charge on any atom is 0.269 e. The minimum absolute atomic E-state index is 0.239. The van der Waals surface area contributed by atoms with Crippen LogP contribution in [0.3, 0.4) is 0 Å². The maximum absolute atomic E-state index is 13.6. The number of H-pyrrole nitrogens is 1. The molecule has 2 aliphatic carbocycles. The fourth-order valence-electron chi connectivity index (χ4n) is 10.2. The number of benzene rings is 1. The van der Waals surface area contributed by atoms with Gasteiger partial charge in [0, 0.05) is 124 Å². The molecule has 7 aromatic rings. The first-order chi connectivity index (χ1) is 31.6. The lowest BCUT2D eigenvalue weighted by Crippen LogP contribution is -2.39. The zero-order valence-corrected chi connectivity index (χ0v) is 39.8. The van der Waals surface area contributed by atoms with Crippen LogP contribution in [0.1, 0.15) is 88.2 Å². The number of methoxy groups -OCH3 is 2. The SMILES string of the molecule is CCN(CCOC)C1CCC(c2cnc3[nH]cc(-c4cnn(C)c4)c3c2)CC1.CCN(CCOC)C1CCC(c2cnc3c(c2)c(-c2cnn(C)c2)cn3S(=O)(=O)c2ccccc2)CC1. The van der Waals surface area contributed by atoms with Gasteiger partial charge in [-0.3, -0.25) is 19.2 Å². The van der Waals surface area contributed by atoms with E-state index in [4.69, 9.17) is 19.4 Å². The molecule has 0 unspecified atom stereocenters. The highest BCUT2D eigenvalue weighted by Crippen LogP contribution is 2.40. The second-order valence-electron chi connectivity index (χ2n) is 17.7. The lowest BCUT2D eigenvalue weighted by atomic mass is 9.81. The molecule has 2 aliphatic rings. The molecule has 15 heteroatoms. The van der Waals surface area contributed by atoms with Crippen LogP contribution in [0, 0.1) is 0 Å². The number of pyridine rings is 2. The molecule has 0 amide bonds. The highest BCUT2D eigenvalue weighted by molar-refractivity contribution is 7.90. The average Bonchev–Trinajstić information content (AvgIpc) is 4.16. The van der Waals surface area contributed by atoms with Gasteiger partial charge in [0.1, 0.15) is 5.65 Å². The van der Waals surface area contributed by atoms with Crippen LogP contribution in [0.15, 0.2) is 96.9 Å². The van der Waals surface area contributed by atoms with Crippen molar-refractivity contribution in [1.82, 2.24) is 48.3 Å². The molecule has 9 rings (SSSR count). The largest absolute Gasteiger partial charge is 0.383 e. The molecule has 14 nitrogen and oxygen atoms in total. The standard InChI is InChI=1S/C28H35N5O3S.C22H31N5O/c1-4-32(14-15-36-3)24-12-10-21(11-13-24)22-16-26-27(23-18-30-31(2)19-23)20-33(28(26)29-17-22)37(34,35)25-8-6-5-7-9-25;1-4-27(9-10-28-3)19-7-5-16(6-8-19)17-11-20-21(14-24-22(20)23-12-17)18-13-25-26(2)15-18/h5-9,16-21,24H,4,10-15H2,1-3H3;11-16,19H,4-10H2,1-3H3,(H,23,24). The third kappa shape index (κ3) is 10.3. The number of fused-ring (bicyclic) bond motifs is 2. The molecular weight excluding hydrogens is 837 g/mol. The molecule has 0 bridgehead atoms. The van der Waals surface area contributed by atoms with Crippen molar-refractivity contribution >= 4 is 32.1 Å². The number of ether oxygens (including phenoxy) is 2. The van der Waals surface area contributed by atoms with Crippen molar-refractivity contribution in [1.29, 1.82) is 0 Å². The van der Waals surface area contributed by atoms with E-state index in [2.05, 4.69) is 63.4 Å². The monoisotopic (exact) mass is 902 g/mol. The minimum Gasteiger partial charge on any atom is -0.383 e. The van der Waals surface area contributed by atoms with Gasteiger partial charge in [0.15, 0.2) is 5.65 Å². The van der Waals surface area contributed by atoms with Gasteiger partial charge in [-0.1, -0.05) is 32.0 Å². The van der Waals surface area contributed by atoms with E-state index in [1.54, 1.807) is 55.6 Å². The normalized spacial score (nSPS) is 19.3. The van der Waals surface area contributed by atoms with E-state index >= 15 is 0 Å². The first kappa shape index (κ1) is 46.3. The Labute approximate surface area is 384 Å². The van der Waals surface area contributed by atoms with Crippen LogP contribution < -0.4 is 0 Å². The summed E-state index contributed by atoms with van der Waals surface area (Å²) in [6.07, 6.45) is 24.7. The van der Waals surface area contributed by atoms with Crippen molar-refractivity contribution in [2.75, 3.05) is 53.6 Å². The predicted molar refractivity (Wildman–Crippen MR) is 257 cm³/mol. The summed E-state index contributed by atoms with van der Waals surface area (Å²) in [5.41, 5.74) is 7.94. The molecule has 6 aromatic heterocycles. The molecule has 0 radical (unpaired) electrons. The summed E-state index contributed by atoms with van der Waals surface area (Å²) in [5.74, 6) is 1.01. The summed E-state index contributed by atoms with van der Waals surface area (Å²) in [7, 11) is 3.55. The highest BCUT2D eigenvalue weighted by atomic mass is 32.2. The molecule has 1 aromatic carbocycles. The van der Waals surface area contributed by atoms with E-state index in [0.717, 1.165) is 92.8 Å². The van der Waals surface area contributed by atoms with E-state index in [1.165, 1.54) is 51.7 Å². The molecule has 0 spiro atoms. The molecular formula is C50H66N10O4S. The van der Waals surface area contributed by atoms with Crippen molar-refractivity contribution in [2.45, 2.75) is 94.0 Å². The molecule has 2 saturated carbocycles. The Kier molecular flexibility index (Phi) is 15.0. The van der Waals surface area contributed by atoms with Crippen LogP contribution in [0.25, 0.3) is 44.3 Å². The number of hydrogen-bond acceptors (Lipinski definition) is 10. The molecule has 2 fully saturated rings. The minimum atomic E-state index is -3.80. The number of nitrogens with zero attached hydrogens (tertiary/aromatic N) is 9. The van der Waals surface area contributed by atoms with Gasteiger partial charge in [0.25, 0.3) is 10.0 Å². The van der Waals surface area contributed by atoms with Gasteiger partial charge in [-0.05, 0) is 112 Å². The predicted octanol–water partition coefficient (Wildman–Crippen LogP) is 8.63. The summed E-state index contributed by atoms with van der Waals surface area (Å²) in [4.78, 5) is 18.1. The Morgan fingerprint density at radius 2 is 1.20 bits per heavy atom. The molecule has 0 atom stereocenters. The highest BCUT2D eigenvalue weighted by Gasteiger charge is 2.29. The molecule has 0 saturated heterocycles. The van der Waals surface area contributed by atoms with Crippen molar-refractivity contribution in [3.63, 3.8) is 0 Å². The van der Waals surface area contributed by atoms with Gasteiger partial charge in [-0.2, -0.15) is 10.2 Å². The molecule has 1 N–H and O–H groups in total. The van der Waals surface area contributed by atoms with Gasteiger partial charge in [-0.15, -0.1) is 0 Å². The van der Waals surface area contributed by atoms with Crippen LogP contribution in [0.4, 0.5) is 0 Å². The van der Waals surface area contributed by atoms with Crippen LogP contribution in [0.2, 0.25) is 0 Å². The van der Waals surface area contributed by atoms with Gasteiger partial charge < -0.3 is 14.5 Å². The average molecular weight is 903 g/mol. The summed E-state index contributed by atoms with van der Waals surface area (Å²) in [5, 5.41) is 10.7. The van der Waals surface area contributed by atoms with Crippen LogP contribution in [-0.4, -0.2) is 122 Å². The Hall–Kier alpha value is -5.19. The number of aryl methyl sites for hydroxylation is 2. The van der Waals surface area contributed by atoms with E-state index < -0.39 is 10.0 Å². The Morgan fingerprint density at radius 3 is 1.71 bits per heavy atom. The van der Waals surface area contributed by atoms with Gasteiger partial charge in [-0.25, -0.2) is 22.4 Å². The summed E-state index contributed by atoms with van der Waals surface area (Å²) >= 11 is 0. The Bertz CT molecular complexity index is 2730. The van der Waals surface area contributed by atoms with Crippen LogP contribution >= 0.6 is 0 Å².